The Hall–Kier alpha value is -0.0400. The van der Waals surface area contributed by atoms with Crippen LogP contribution in [0.25, 0.3) is 0 Å². The minimum absolute atomic E-state index is 0.389. The van der Waals surface area contributed by atoms with E-state index < -0.39 is 0 Å². The third kappa shape index (κ3) is 1.84. The van der Waals surface area contributed by atoms with E-state index >= 15 is 0 Å². The fourth-order valence-corrected chi connectivity index (χ4v) is 3.62. The maximum atomic E-state index is 3.69. The number of rotatable bonds is 0. The lowest BCUT2D eigenvalue weighted by atomic mass is 9.64. The third-order valence-corrected chi connectivity index (χ3v) is 4.62. The van der Waals surface area contributed by atoms with Crippen LogP contribution in [0.2, 0.25) is 0 Å². The molecule has 0 aromatic rings. The number of hydrogen-bond acceptors (Lipinski definition) is 1. The average molecular weight is 195 g/mol. The Labute approximate surface area is 88.7 Å². The monoisotopic (exact) mass is 195 g/mol. The van der Waals surface area contributed by atoms with Gasteiger partial charge >= 0.3 is 0 Å². The van der Waals surface area contributed by atoms with Crippen molar-refractivity contribution < 1.29 is 0 Å². The predicted molar refractivity (Wildman–Crippen MR) is 61.3 cm³/mol. The Morgan fingerprint density at radius 2 is 1.86 bits per heavy atom. The highest BCUT2D eigenvalue weighted by Crippen LogP contribution is 2.49. The molecule has 1 spiro atoms. The van der Waals surface area contributed by atoms with E-state index in [0.29, 0.717) is 11.0 Å². The topological polar surface area (TPSA) is 12.0 Å². The predicted octanol–water partition coefficient (Wildman–Crippen LogP) is 3.20. The van der Waals surface area contributed by atoms with Crippen LogP contribution in [-0.2, 0) is 0 Å². The van der Waals surface area contributed by atoms with Crippen LogP contribution in [0.5, 0.6) is 0 Å². The fraction of sp³-hybridized carbons (Fsp3) is 1.00. The quantitative estimate of drug-likeness (QED) is 0.626. The van der Waals surface area contributed by atoms with Gasteiger partial charge in [0.1, 0.15) is 0 Å². The van der Waals surface area contributed by atoms with Gasteiger partial charge in [-0.05, 0) is 56.8 Å². The summed E-state index contributed by atoms with van der Waals surface area (Å²) in [6, 6.07) is 0. The zero-order valence-electron chi connectivity index (χ0n) is 10.2. The standard InChI is InChI=1S/C13H25N/c1-10-5-6-13(7-11(10)2)8-12(3,4)14-9-13/h10-11,14H,5-9H2,1-4H3. The molecule has 0 amide bonds. The van der Waals surface area contributed by atoms with Gasteiger partial charge in [-0.3, -0.25) is 0 Å². The molecule has 2 fully saturated rings. The Bertz CT molecular complexity index is 221. The zero-order valence-corrected chi connectivity index (χ0v) is 10.2. The molecule has 2 rings (SSSR count). The van der Waals surface area contributed by atoms with Gasteiger partial charge in [-0.1, -0.05) is 13.8 Å². The smallest absolute Gasteiger partial charge is 0.0131 e. The first-order valence-corrected chi connectivity index (χ1v) is 6.18. The molecule has 1 saturated carbocycles. The van der Waals surface area contributed by atoms with E-state index in [4.69, 9.17) is 0 Å². The summed E-state index contributed by atoms with van der Waals surface area (Å²) < 4.78 is 0. The molecule has 1 saturated heterocycles. The normalized spacial score (nSPS) is 47.1. The second-order valence-electron chi connectivity index (χ2n) is 6.61. The van der Waals surface area contributed by atoms with Crippen LogP contribution >= 0.6 is 0 Å². The lowest BCUT2D eigenvalue weighted by Crippen LogP contribution is -2.33. The van der Waals surface area contributed by atoms with Crippen molar-refractivity contribution >= 4 is 0 Å². The highest BCUT2D eigenvalue weighted by Gasteiger charge is 2.45. The first-order valence-electron chi connectivity index (χ1n) is 6.18. The molecule has 1 aliphatic heterocycles. The van der Waals surface area contributed by atoms with E-state index in [0.717, 1.165) is 11.8 Å². The first-order chi connectivity index (χ1) is 6.43. The fourth-order valence-electron chi connectivity index (χ4n) is 3.62. The van der Waals surface area contributed by atoms with Gasteiger partial charge in [-0.25, -0.2) is 0 Å². The van der Waals surface area contributed by atoms with Crippen LogP contribution in [0, 0.1) is 17.3 Å². The average Bonchev–Trinajstić information content (AvgIpc) is 2.36. The van der Waals surface area contributed by atoms with E-state index in [9.17, 15) is 0 Å². The van der Waals surface area contributed by atoms with Crippen molar-refractivity contribution in [1.29, 1.82) is 0 Å². The molecular formula is C13H25N. The van der Waals surface area contributed by atoms with Gasteiger partial charge in [-0.15, -0.1) is 0 Å². The molecule has 82 valence electrons. The third-order valence-electron chi connectivity index (χ3n) is 4.62. The second kappa shape index (κ2) is 3.23. The molecule has 1 aliphatic carbocycles. The van der Waals surface area contributed by atoms with Gasteiger partial charge in [-0.2, -0.15) is 0 Å². The lowest BCUT2D eigenvalue weighted by Gasteiger charge is -2.40. The van der Waals surface area contributed by atoms with Crippen LogP contribution in [-0.4, -0.2) is 12.1 Å². The van der Waals surface area contributed by atoms with E-state index in [1.54, 1.807) is 0 Å². The van der Waals surface area contributed by atoms with Crippen molar-refractivity contribution in [1.82, 2.24) is 5.32 Å². The summed E-state index contributed by atoms with van der Waals surface area (Å²) in [5.74, 6) is 1.88. The van der Waals surface area contributed by atoms with Crippen molar-refractivity contribution in [3.8, 4) is 0 Å². The van der Waals surface area contributed by atoms with Crippen LogP contribution < -0.4 is 5.32 Å². The molecular weight excluding hydrogens is 170 g/mol. The molecule has 1 heterocycles. The number of nitrogens with one attached hydrogen (secondary N) is 1. The summed E-state index contributed by atoms with van der Waals surface area (Å²) in [5, 5.41) is 3.69. The summed E-state index contributed by atoms with van der Waals surface area (Å²) >= 11 is 0. The van der Waals surface area contributed by atoms with Crippen LogP contribution in [0.15, 0.2) is 0 Å². The molecule has 0 bridgehead atoms. The van der Waals surface area contributed by atoms with Gasteiger partial charge in [0.05, 0.1) is 0 Å². The largest absolute Gasteiger partial charge is 0.311 e. The van der Waals surface area contributed by atoms with E-state index in [1.807, 2.05) is 0 Å². The first kappa shape index (κ1) is 10.5. The van der Waals surface area contributed by atoms with E-state index in [2.05, 4.69) is 33.0 Å². The van der Waals surface area contributed by atoms with Gasteiger partial charge in [0, 0.05) is 12.1 Å². The zero-order chi connectivity index (χ0) is 10.4. The molecule has 14 heavy (non-hydrogen) atoms. The van der Waals surface area contributed by atoms with E-state index in [1.165, 1.54) is 32.2 Å². The minimum Gasteiger partial charge on any atom is -0.311 e. The Morgan fingerprint density at radius 1 is 1.14 bits per heavy atom. The SMILES string of the molecule is CC1CCC2(CNC(C)(C)C2)CC1C. The van der Waals surface area contributed by atoms with Crippen molar-refractivity contribution in [3.05, 3.63) is 0 Å². The molecule has 2 aliphatic rings. The Kier molecular flexibility index (Phi) is 2.42. The minimum atomic E-state index is 0.389. The van der Waals surface area contributed by atoms with Gasteiger partial charge < -0.3 is 5.32 Å². The van der Waals surface area contributed by atoms with Crippen LogP contribution in [0.4, 0.5) is 0 Å². The van der Waals surface area contributed by atoms with Gasteiger partial charge in [0.15, 0.2) is 0 Å². The van der Waals surface area contributed by atoms with Crippen molar-refractivity contribution in [2.45, 2.75) is 58.9 Å². The molecule has 0 radical (unpaired) electrons. The van der Waals surface area contributed by atoms with E-state index in [-0.39, 0.29) is 0 Å². The van der Waals surface area contributed by atoms with Crippen molar-refractivity contribution in [2.24, 2.45) is 17.3 Å². The second-order valence-corrected chi connectivity index (χ2v) is 6.61. The van der Waals surface area contributed by atoms with Gasteiger partial charge in [0.2, 0.25) is 0 Å². The Balaban J connectivity index is 2.05. The molecule has 1 N–H and O–H groups in total. The molecule has 0 aromatic carbocycles. The molecule has 1 nitrogen and oxygen atoms in total. The van der Waals surface area contributed by atoms with Crippen molar-refractivity contribution in [3.63, 3.8) is 0 Å². The maximum absolute atomic E-state index is 3.69. The lowest BCUT2D eigenvalue weighted by molar-refractivity contribution is 0.116. The van der Waals surface area contributed by atoms with Crippen molar-refractivity contribution in [2.75, 3.05) is 6.54 Å². The Morgan fingerprint density at radius 3 is 2.36 bits per heavy atom. The molecule has 3 unspecified atom stereocenters. The molecule has 3 atom stereocenters. The van der Waals surface area contributed by atoms with Crippen LogP contribution in [0.1, 0.15) is 53.4 Å². The van der Waals surface area contributed by atoms with Crippen LogP contribution in [0.3, 0.4) is 0 Å². The number of hydrogen-bond donors (Lipinski definition) is 1. The summed E-state index contributed by atoms with van der Waals surface area (Å²) in [5.41, 5.74) is 1.04. The highest BCUT2D eigenvalue weighted by molar-refractivity contribution is 5.01. The van der Waals surface area contributed by atoms with Gasteiger partial charge in [0.25, 0.3) is 0 Å². The summed E-state index contributed by atoms with van der Waals surface area (Å²) in [6.07, 6.45) is 5.73. The summed E-state index contributed by atoms with van der Waals surface area (Å²) in [7, 11) is 0. The summed E-state index contributed by atoms with van der Waals surface area (Å²) in [4.78, 5) is 0. The summed E-state index contributed by atoms with van der Waals surface area (Å²) in [6.45, 7) is 10.8. The maximum Gasteiger partial charge on any atom is 0.0131 e. The molecule has 0 aromatic heterocycles. The molecule has 1 heteroatoms. The highest BCUT2D eigenvalue weighted by atomic mass is 15.0.